The Kier molecular flexibility index (Phi) is 7.72. The summed E-state index contributed by atoms with van der Waals surface area (Å²) in [5, 5.41) is 25.2. The van der Waals surface area contributed by atoms with Gasteiger partial charge in [0.1, 0.15) is 16.6 Å². The lowest BCUT2D eigenvalue weighted by molar-refractivity contribution is -0.137. The van der Waals surface area contributed by atoms with Gasteiger partial charge in [-0.25, -0.2) is 9.67 Å². The second-order valence-corrected chi connectivity index (χ2v) is 11.2. The van der Waals surface area contributed by atoms with Crippen LogP contribution in [0.4, 0.5) is 0 Å². The first-order valence-electron chi connectivity index (χ1n) is 13.6. The number of ether oxygens (including phenoxy) is 1. The Bertz CT molecular complexity index is 1600. The minimum atomic E-state index is -0.858. The van der Waals surface area contributed by atoms with Gasteiger partial charge in [0, 0.05) is 49.4 Å². The number of aliphatic carboxylic acids is 1. The van der Waals surface area contributed by atoms with Crippen molar-refractivity contribution < 1.29 is 24.5 Å². The fourth-order valence-electron chi connectivity index (χ4n) is 6.13. The van der Waals surface area contributed by atoms with Crippen molar-refractivity contribution in [2.24, 2.45) is 7.05 Å². The van der Waals surface area contributed by atoms with Crippen LogP contribution in [-0.4, -0.2) is 64.7 Å². The fraction of sp³-hybridized carbons (Fsp3) is 0.400. The lowest BCUT2D eigenvalue weighted by Gasteiger charge is -2.33. The predicted octanol–water partition coefficient (Wildman–Crippen LogP) is 4.03. The number of carboxylic acids is 1. The molecule has 4 aromatic rings. The molecule has 1 aliphatic carbocycles. The molecule has 2 aliphatic rings. The molecule has 0 fully saturated rings. The van der Waals surface area contributed by atoms with Crippen LogP contribution in [0.2, 0.25) is 0 Å². The number of nitrogens with zero attached hydrogens (tertiary/aromatic N) is 6. The van der Waals surface area contributed by atoms with Crippen molar-refractivity contribution in [3.05, 3.63) is 76.2 Å². The molecule has 4 heterocycles. The van der Waals surface area contributed by atoms with E-state index >= 15 is 0 Å². The largest absolute Gasteiger partial charge is 0.483 e. The average molecular weight is 559 g/mol. The van der Waals surface area contributed by atoms with E-state index < -0.39 is 5.97 Å². The summed E-state index contributed by atoms with van der Waals surface area (Å²) in [6, 6.07) is 10.7. The molecule has 11 heteroatoms. The van der Waals surface area contributed by atoms with E-state index in [1.807, 2.05) is 20.0 Å². The van der Waals surface area contributed by atoms with E-state index in [1.54, 1.807) is 17.1 Å². The molecule has 2 N–H and O–H groups in total. The molecule has 0 spiro atoms. The zero-order chi connectivity index (χ0) is 29.3. The van der Waals surface area contributed by atoms with Crippen LogP contribution in [0.25, 0.3) is 11.0 Å². The lowest BCUT2D eigenvalue weighted by atomic mass is 9.87. The molecule has 6 rings (SSSR count). The van der Waals surface area contributed by atoms with Gasteiger partial charge < -0.3 is 14.9 Å². The minimum absolute atomic E-state index is 0.0489. The Hall–Kier alpha value is -4.38. The molecule has 0 saturated heterocycles. The van der Waals surface area contributed by atoms with Gasteiger partial charge in [0.05, 0.1) is 18.3 Å². The summed E-state index contributed by atoms with van der Waals surface area (Å²) < 4.78 is 7.98. The number of aromatic nitrogens is 5. The Morgan fingerprint density at radius 2 is 2.02 bits per heavy atom. The summed E-state index contributed by atoms with van der Waals surface area (Å²) >= 11 is 0. The van der Waals surface area contributed by atoms with Crippen LogP contribution in [0.3, 0.4) is 0 Å². The quantitative estimate of drug-likeness (QED) is 0.345. The topological polar surface area (TPSA) is 144 Å². The minimum Gasteiger partial charge on any atom is -0.483 e. The molecule has 0 amide bonds. The first-order valence-corrected chi connectivity index (χ1v) is 13.6. The summed E-state index contributed by atoms with van der Waals surface area (Å²) in [6.45, 7) is 7.44. The van der Waals surface area contributed by atoms with Gasteiger partial charge >= 0.3 is 5.97 Å². The van der Waals surface area contributed by atoms with Crippen molar-refractivity contribution in [2.45, 2.75) is 64.1 Å². The summed E-state index contributed by atoms with van der Waals surface area (Å²) in [6.07, 6.45) is 5.47. The van der Waals surface area contributed by atoms with Gasteiger partial charge in [-0.3, -0.25) is 19.5 Å². The van der Waals surface area contributed by atoms with Crippen LogP contribution < -0.4 is 4.74 Å². The van der Waals surface area contributed by atoms with E-state index in [4.69, 9.17) is 19.6 Å². The van der Waals surface area contributed by atoms with Crippen LogP contribution >= 0.6 is 0 Å². The number of carboxylic acid groups (broad SMARTS) is 2. The van der Waals surface area contributed by atoms with E-state index in [0.717, 1.165) is 59.3 Å². The second-order valence-electron chi connectivity index (χ2n) is 11.2. The highest BCUT2D eigenvalue weighted by atomic mass is 16.5. The van der Waals surface area contributed by atoms with Crippen molar-refractivity contribution in [3.8, 4) is 5.88 Å². The number of hydrogen-bond acceptors (Lipinski definition) is 8. The van der Waals surface area contributed by atoms with Gasteiger partial charge in [0.25, 0.3) is 6.47 Å². The van der Waals surface area contributed by atoms with E-state index in [2.05, 4.69) is 58.3 Å². The molecule has 2 atom stereocenters. The summed E-state index contributed by atoms with van der Waals surface area (Å²) in [4.78, 5) is 32.1. The molecule has 11 nitrogen and oxygen atoms in total. The molecule has 0 bridgehead atoms. The van der Waals surface area contributed by atoms with Crippen molar-refractivity contribution in [3.63, 3.8) is 0 Å². The SMILES string of the molecule is Cc1c(C(CC(=O)O)c2ccc3c(c2)C(N2Cc4cccnc4OC(C)(C)C2)CC3)ncc2c1nnn2C.O=CO. The number of benzene rings is 1. The third-order valence-corrected chi connectivity index (χ3v) is 7.88. The average Bonchev–Trinajstić information content (AvgIpc) is 3.48. The van der Waals surface area contributed by atoms with E-state index in [0.29, 0.717) is 5.88 Å². The maximum absolute atomic E-state index is 12.0. The number of pyridine rings is 2. The van der Waals surface area contributed by atoms with Gasteiger partial charge in [-0.2, -0.15) is 0 Å². The van der Waals surface area contributed by atoms with Gasteiger partial charge in [0.2, 0.25) is 5.88 Å². The van der Waals surface area contributed by atoms with Crippen LogP contribution in [0.5, 0.6) is 5.88 Å². The van der Waals surface area contributed by atoms with Crippen LogP contribution in [0.15, 0.2) is 42.7 Å². The van der Waals surface area contributed by atoms with Gasteiger partial charge in [-0.1, -0.05) is 29.5 Å². The van der Waals surface area contributed by atoms with Crippen LogP contribution in [0, 0.1) is 6.92 Å². The normalized spacial score (nSPS) is 18.3. The van der Waals surface area contributed by atoms with Gasteiger partial charge in [0.15, 0.2) is 0 Å². The zero-order valence-electron chi connectivity index (χ0n) is 23.6. The zero-order valence-corrected chi connectivity index (χ0v) is 23.6. The molecule has 1 aliphatic heterocycles. The van der Waals surface area contributed by atoms with E-state index in [1.165, 1.54) is 11.1 Å². The maximum atomic E-state index is 12.0. The highest BCUT2D eigenvalue weighted by Gasteiger charge is 2.37. The standard InChI is InChI=1S/C29H32N6O3.CH2O2/c1-17-26(31-14-24-27(17)32-33-34(24)4)22(13-25(36)37)19-8-7-18-9-10-23(21(18)12-19)35-15-20-6-5-11-30-28(20)38-29(2,3)16-35;2-1-3/h5-8,11-12,14,22-23H,9-10,13,15-16H2,1-4H3,(H,36,37);1H,(H,2,3). The molecule has 1 aromatic carbocycles. The Morgan fingerprint density at radius 3 is 2.78 bits per heavy atom. The smallest absolute Gasteiger partial charge is 0.304 e. The summed E-state index contributed by atoms with van der Waals surface area (Å²) in [5.74, 6) is -0.545. The molecule has 2 unspecified atom stereocenters. The molecule has 0 saturated carbocycles. The van der Waals surface area contributed by atoms with Crippen molar-refractivity contribution in [1.82, 2.24) is 29.9 Å². The van der Waals surface area contributed by atoms with E-state index in [9.17, 15) is 9.90 Å². The van der Waals surface area contributed by atoms with Crippen LogP contribution in [0.1, 0.15) is 72.2 Å². The third-order valence-electron chi connectivity index (χ3n) is 7.88. The maximum Gasteiger partial charge on any atom is 0.304 e. The predicted molar refractivity (Wildman–Crippen MR) is 151 cm³/mol. The Morgan fingerprint density at radius 1 is 1.24 bits per heavy atom. The molecular weight excluding hydrogens is 524 g/mol. The number of aryl methyl sites for hydroxylation is 3. The summed E-state index contributed by atoms with van der Waals surface area (Å²) in [5.41, 5.74) is 7.43. The highest BCUT2D eigenvalue weighted by molar-refractivity contribution is 5.78. The fourth-order valence-corrected chi connectivity index (χ4v) is 6.13. The molecule has 214 valence electrons. The Labute approximate surface area is 237 Å². The van der Waals surface area contributed by atoms with Crippen molar-refractivity contribution in [2.75, 3.05) is 6.54 Å². The number of rotatable bonds is 5. The molecular formula is C30H34N6O5. The number of fused-ring (bicyclic) bond motifs is 3. The third kappa shape index (κ3) is 5.62. The number of hydrogen-bond donors (Lipinski definition) is 2. The van der Waals surface area contributed by atoms with Crippen molar-refractivity contribution >= 4 is 23.5 Å². The van der Waals surface area contributed by atoms with Gasteiger partial charge in [-0.15, -0.1) is 5.10 Å². The van der Waals surface area contributed by atoms with Crippen molar-refractivity contribution in [1.29, 1.82) is 0 Å². The first kappa shape index (κ1) is 28.2. The first-order chi connectivity index (χ1) is 19.6. The lowest BCUT2D eigenvalue weighted by Crippen LogP contribution is -2.41. The number of carbonyl (C=O) groups is 2. The van der Waals surface area contributed by atoms with E-state index in [-0.39, 0.29) is 30.5 Å². The molecule has 41 heavy (non-hydrogen) atoms. The Balaban J connectivity index is 0.00000108. The summed E-state index contributed by atoms with van der Waals surface area (Å²) in [7, 11) is 1.83. The monoisotopic (exact) mass is 558 g/mol. The molecule has 3 aromatic heterocycles. The van der Waals surface area contributed by atoms with Crippen LogP contribution in [-0.2, 0) is 29.6 Å². The molecule has 0 radical (unpaired) electrons. The highest BCUT2D eigenvalue weighted by Crippen LogP contribution is 2.42. The van der Waals surface area contributed by atoms with Gasteiger partial charge in [-0.05, 0) is 56.4 Å². The second kappa shape index (κ2) is 11.2.